The SMILES string of the molecule is CCCNCC(c1cccc(Cl)c1)C1CCS(=O)(=O)C1. The molecule has 1 fully saturated rings. The number of benzene rings is 1. The fourth-order valence-electron chi connectivity index (χ4n) is 2.87. The summed E-state index contributed by atoms with van der Waals surface area (Å²) in [5, 5.41) is 4.13. The number of hydrogen-bond acceptors (Lipinski definition) is 3. The molecule has 1 aliphatic rings. The lowest BCUT2D eigenvalue weighted by Crippen LogP contribution is -2.28. The predicted molar refractivity (Wildman–Crippen MR) is 84.1 cm³/mol. The van der Waals surface area contributed by atoms with E-state index in [9.17, 15) is 8.42 Å². The standard InChI is InChI=1S/C15H22ClNO2S/c1-2-7-17-10-15(12-4-3-5-14(16)9-12)13-6-8-20(18,19)11-13/h3-5,9,13,15,17H,2,6-8,10-11H2,1H3. The summed E-state index contributed by atoms with van der Waals surface area (Å²) in [6, 6.07) is 7.81. The fourth-order valence-corrected chi connectivity index (χ4v) is 4.95. The molecular weight excluding hydrogens is 294 g/mol. The van der Waals surface area contributed by atoms with Gasteiger partial charge in [0.05, 0.1) is 11.5 Å². The zero-order valence-corrected chi connectivity index (χ0v) is 13.4. The second-order valence-electron chi connectivity index (χ2n) is 5.53. The van der Waals surface area contributed by atoms with Crippen LogP contribution in [0.1, 0.15) is 31.2 Å². The molecule has 0 saturated carbocycles. The van der Waals surface area contributed by atoms with Crippen LogP contribution in [0.3, 0.4) is 0 Å². The Hall–Kier alpha value is -0.580. The van der Waals surface area contributed by atoms with E-state index in [0.717, 1.165) is 31.5 Å². The second-order valence-corrected chi connectivity index (χ2v) is 8.19. The molecule has 2 unspecified atom stereocenters. The van der Waals surface area contributed by atoms with E-state index in [1.807, 2.05) is 18.2 Å². The molecule has 1 aliphatic heterocycles. The molecule has 1 N–H and O–H groups in total. The highest BCUT2D eigenvalue weighted by Gasteiger charge is 2.34. The van der Waals surface area contributed by atoms with Gasteiger partial charge in [-0.3, -0.25) is 0 Å². The first-order chi connectivity index (χ1) is 9.52. The molecule has 1 heterocycles. The Morgan fingerprint density at radius 3 is 2.85 bits per heavy atom. The molecule has 1 aromatic rings. The molecule has 0 spiro atoms. The van der Waals surface area contributed by atoms with E-state index >= 15 is 0 Å². The first-order valence-corrected chi connectivity index (χ1v) is 9.38. The second kappa shape index (κ2) is 6.92. The number of hydrogen-bond donors (Lipinski definition) is 1. The Bertz CT molecular complexity index is 545. The van der Waals surface area contributed by atoms with Gasteiger partial charge >= 0.3 is 0 Å². The van der Waals surface area contributed by atoms with Crippen molar-refractivity contribution in [1.29, 1.82) is 0 Å². The van der Waals surface area contributed by atoms with Crippen LogP contribution in [0, 0.1) is 5.92 Å². The van der Waals surface area contributed by atoms with Crippen LogP contribution in [-0.2, 0) is 9.84 Å². The van der Waals surface area contributed by atoms with Crippen LogP contribution < -0.4 is 5.32 Å². The molecule has 112 valence electrons. The highest BCUT2D eigenvalue weighted by molar-refractivity contribution is 7.91. The van der Waals surface area contributed by atoms with Gasteiger partial charge in [-0.15, -0.1) is 0 Å². The molecule has 0 aromatic heterocycles. The average molecular weight is 316 g/mol. The van der Waals surface area contributed by atoms with Crippen molar-refractivity contribution in [3.8, 4) is 0 Å². The normalized spacial score (nSPS) is 22.8. The Kier molecular flexibility index (Phi) is 5.47. The van der Waals surface area contributed by atoms with Gasteiger partial charge in [-0.25, -0.2) is 8.42 Å². The number of rotatable bonds is 6. The van der Waals surface area contributed by atoms with Crippen LogP contribution in [0.15, 0.2) is 24.3 Å². The molecule has 0 aliphatic carbocycles. The molecular formula is C15H22ClNO2S. The van der Waals surface area contributed by atoms with E-state index in [1.165, 1.54) is 0 Å². The topological polar surface area (TPSA) is 46.2 Å². The van der Waals surface area contributed by atoms with E-state index in [1.54, 1.807) is 0 Å². The van der Waals surface area contributed by atoms with Crippen molar-refractivity contribution < 1.29 is 8.42 Å². The Balaban J connectivity index is 2.16. The van der Waals surface area contributed by atoms with E-state index in [4.69, 9.17) is 11.6 Å². The van der Waals surface area contributed by atoms with Gasteiger partial charge in [0.2, 0.25) is 0 Å². The van der Waals surface area contributed by atoms with Gasteiger partial charge in [-0.1, -0.05) is 30.7 Å². The Morgan fingerprint density at radius 1 is 1.45 bits per heavy atom. The zero-order valence-electron chi connectivity index (χ0n) is 11.8. The quantitative estimate of drug-likeness (QED) is 0.821. The number of sulfone groups is 1. The maximum Gasteiger partial charge on any atom is 0.150 e. The third-order valence-corrected chi connectivity index (χ3v) is 5.93. The molecule has 2 atom stereocenters. The van der Waals surface area contributed by atoms with Gasteiger partial charge in [0.15, 0.2) is 9.84 Å². The molecule has 3 nitrogen and oxygen atoms in total. The molecule has 20 heavy (non-hydrogen) atoms. The first-order valence-electron chi connectivity index (χ1n) is 7.18. The highest BCUT2D eigenvalue weighted by Crippen LogP contribution is 2.33. The summed E-state index contributed by atoms with van der Waals surface area (Å²) in [4.78, 5) is 0. The van der Waals surface area contributed by atoms with Crippen molar-refractivity contribution in [3.05, 3.63) is 34.9 Å². The summed E-state index contributed by atoms with van der Waals surface area (Å²) in [6.07, 6.45) is 1.83. The van der Waals surface area contributed by atoms with E-state index < -0.39 is 9.84 Å². The van der Waals surface area contributed by atoms with Gasteiger partial charge in [0.1, 0.15) is 0 Å². The molecule has 2 rings (SSSR count). The van der Waals surface area contributed by atoms with Gasteiger partial charge in [-0.05, 0) is 43.0 Å². The summed E-state index contributed by atoms with van der Waals surface area (Å²) in [5.41, 5.74) is 1.14. The lowest BCUT2D eigenvalue weighted by molar-refractivity contribution is 0.438. The van der Waals surface area contributed by atoms with E-state index in [-0.39, 0.29) is 11.8 Å². The average Bonchev–Trinajstić information content (AvgIpc) is 2.75. The maximum absolute atomic E-state index is 11.7. The third kappa shape index (κ3) is 4.21. The lowest BCUT2D eigenvalue weighted by atomic mass is 9.85. The lowest BCUT2D eigenvalue weighted by Gasteiger charge is -2.24. The van der Waals surface area contributed by atoms with Crippen molar-refractivity contribution in [2.45, 2.75) is 25.7 Å². The fraction of sp³-hybridized carbons (Fsp3) is 0.600. The van der Waals surface area contributed by atoms with E-state index in [0.29, 0.717) is 16.5 Å². The summed E-state index contributed by atoms with van der Waals surface area (Å²) in [6.45, 7) is 3.90. The summed E-state index contributed by atoms with van der Waals surface area (Å²) in [5.74, 6) is 1.04. The van der Waals surface area contributed by atoms with E-state index in [2.05, 4.69) is 18.3 Å². The van der Waals surface area contributed by atoms with Crippen LogP contribution in [0.4, 0.5) is 0 Å². The molecule has 0 radical (unpaired) electrons. The van der Waals surface area contributed by atoms with Gasteiger partial charge in [0.25, 0.3) is 0 Å². The minimum absolute atomic E-state index is 0.197. The van der Waals surface area contributed by atoms with Crippen LogP contribution in [-0.4, -0.2) is 33.0 Å². The van der Waals surface area contributed by atoms with Gasteiger partial charge in [-0.2, -0.15) is 0 Å². The van der Waals surface area contributed by atoms with Crippen molar-refractivity contribution in [1.82, 2.24) is 5.32 Å². The Morgan fingerprint density at radius 2 is 2.25 bits per heavy atom. The van der Waals surface area contributed by atoms with Crippen molar-refractivity contribution in [2.24, 2.45) is 5.92 Å². The first kappa shape index (κ1) is 15.8. The highest BCUT2D eigenvalue weighted by atomic mass is 35.5. The number of halogens is 1. The maximum atomic E-state index is 11.7. The van der Waals surface area contributed by atoms with Crippen LogP contribution in [0.5, 0.6) is 0 Å². The zero-order chi connectivity index (χ0) is 14.6. The van der Waals surface area contributed by atoms with Gasteiger partial charge in [0, 0.05) is 17.5 Å². The third-order valence-electron chi connectivity index (χ3n) is 3.90. The monoisotopic (exact) mass is 315 g/mol. The smallest absolute Gasteiger partial charge is 0.150 e. The minimum atomic E-state index is -2.85. The van der Waals surface area contributed by atoms with Crippen molar-refractivity contribution in [2.75, 3.05) is 24.6 Å². The summed E-state index contributed by atoms with van der Waals surface area (Å²) < 4.78 is 23.5. The summed E-state index contributed by atoms with van der Waals surface area (Å²) >= 11 is 6.07. The molecule has 1 saturated heterocycles. The molecule has 1 aromatic carbocycles. The molecule has 0 bridgehead atoms. The van der Waals surface area contributed by atoms with Crippen molar-refractivity contribution >= 4 is 21.4 Å². The van der Waals surface area contributed by atoms with Crippen LogP contribution in [0.2, 0.25) is 5.02 Å². The molecule has 5 heteroatoms. The van der Waals surface area contributed by atoms with Crippen LogP contribution >= 0.6 is 11.6 Å². The number of nitrogens with one attached hydrogen (secondary N) is 1. The largest absolute Gasteiger partial charge is 0.316 e. The van der Waals surface area contributed by atoms with Gasteiger partial charge < -0.3 is 5.32 Å². The minimum Gasteiger partial charge on any atom is -0.316 e. The summed E-state index contributed by atoms with van der Waals surface area (Å²) in [7, 11) is -2.85. The predicted octanol–water partition coefficient (Wildman–Crippen LogP) is 2.86. The molecule has 0 amide bonds. The Labute approximate surface area is 126 Å². The van der Waals surface area contributed by atoms with Crippen LogP contribution in [0.25, 0.3) is 0 Å². The van der Waals surface area contributed by atoms with Crippen molar-refractivity contribution in [3.63, 3.8) is 0 Å².